The van der Waals surface area contributed by atoms with Crippen LogP contribution in [0.5, 0.6) is 5.75 Å². The number of hydrogen-bond donors (Lipinski definition) is 1. The summed E-state index contributed by atoms with van der Waals surface area (Å²) in [7, 11) is 3.49. The number of anilines is 1. The number of methoxy groups -OCH3 is 1. The van der Waals surface area contributed by atoms with Gasteiger partial charge in [-0.15, -0.1) is 0 Å². The van der Waals surface area contributed by atoms with Crippen LogP contribution < -0.4 is 10.1 Å². The molecule has 0 saturated heterocycles. The van der Waals surface area contributed by atoms with E-state index in [1.54, 1.807) is 25.3 Å². The van der Waals surface area contributed by atoms with Crippen molar-refractivity contribution in [3.05, 3.63) is 58.1 Å². The van der Waals surface area contributed by atoms with Crippen LogP contribution >= 0.6 is 11.6 Å². The fourth-order valence-corrected chi connectivity index (χ4v) is 2.82. The average Bonchev–Trinajstić information content (AvgIpc) is 2.50. The summed E-state index contributed by atoms with van der Waals surface area (Å²) in [5, 5.41) is 3.33. The third kappa shape index (κ3) is 4.98. The van der Waals surface area contributed by atoms with Crippen LogP contribution in [0.3, 0.4) is 0 Å². The number of carbonyl (C=O) groups is 1. The molecule has 0 aromatic heterocycles. The number of nitrogens with zero attached hydrogens (tertiary/aromatic N) is 1. The molecule has 0 aliphatic rings. The van der Waals surface area contributed by atoms with Crippen LogP contribution in [0.2, 0.25) is 5.02 Å². The lowest BCUT2D eigenvalue weighted by Crippen LogP contribution is -2.30. The number of rotatable bonds is 6. The predicted octanol–water partition coefficient (Wildman–Crippen LogP) is 4.04. The molecule has 2 aromatic rings. The van der Waals surface area contributed by atoms with E-state index in [1.165, 1.54) is 16.7 Å². The van der Waals surface area contributed by atoms with E-state index in [0.717, 1.165) is 6.54 Å². The molecule has 2 rings (SSSR count). The highest BCUT2D eigenvalue weighted by atomic mass is 35.5. The molecule has 0 heterocycles. The number of ether oxygens (including phenoxy) is 1. The summed E-state index contributed by atoms with van der Waals surface area (Å²) in [4.78, 5) is 14.2. The normalized spacial score (nSPS) is 10.8. The van der Waals surface area contributed by atoms with Gasteiger partial charge in [0.05, 0.1) is 18.7 Å². The minimum atomic E-state index is -0.0801. The zero-order valence-electron chi connectivity index (χ0n) is 14.5. The second-order valence-electron chi connectivity index (χ2n) is 6.00. The van der Waals surface area contributed by atoms with Crippen LogP contribution in [0.25, 0.3) is 0 Å². The van der Waals surface area contributed by atoms with E-state index in [-0.39, 0.29) is 5.91 Å². The van der Waals surface area contributed by atoms with Gasteiger partial charge in [-0.1, -0.05) is 35.4 Å². The molecule has 1 amide bonds. The molecule has 0 saturated carbocycles. The molecular formula is C19H23ClN2O2. The summed E-state index contributed by atoms with van der Waals surface area (Å²) in [5.41, 5.74) is 4.37. The maximum absolute atomic E-state index is 12.2. The molecular weight excluding hydrogens is 324 g/mol. The first-order valence-electron chi connectivity index (χ1n) is 7.77. The van der Waals surface area contributed by atoms with Crippen molar-refractivity contribution in [1.29, 1.82) is 0 Å². The van der Waals surface area contributed by atoms with Gasteiger partial charge in [0.15, 0.2) is 0 Å². The van der Waals surface area contributed by atoms with E-state index in [2.05, 4.69) is 37.4 Å². The molecule has 1 N–H and O–H groups in total. The number of halogens is 1. The SMILES string of the molecule is COc1ccc(NC(=O)CN(C)Cc2ccc(C)cc2C)cc1Cl. The van der Waals surface area contributed by atoms with Gasteiger partial charge in [-0.05, 0) is 50.2 Å². The van der Waals surface area contributed by atoms with E-state index < -0.39 is 0 Å². The van der Waals surface area contributed by atoms with Gasteiger partial charge < -0.3 is 10.1 Å². The van der Waals surface area contributed by atoms with Crippen molar-refractivity contribution in [3.63, 3.8) is 0 Å². The topological polar surface area (TPSA) is 41.6 Å². The molecule has 0 atom stereocenters. The maximum atomic E-state index is 12.2. The van der Waals surface area contributed by atoms with E-state index in [9.17, 15) is 4.79 Å². The van der Waals surface area contributed by atoms with Crippen LogP contribution in [0.1, 0.15) is 16.7 Å². The number of hydrogen-bond acceptors (Lipinski definition) is 3. The third-order valence-corrected chi connectivity index (χ3v) is 4.08. The molecule has 0 aliphatic heterocycles. The Morgan fingerprint density at radius 3 is 2.58 bits per heavy atom. The maximum Gasteiger partial charge on any atom is 0.238 e. The summed E-state index contributed by atoms with van der Waals surface area (Å²) < 4.78 is 5.10. The van der Waals surface area contributed by atoms with Crippen molar-refractivity contribution in [1.82, 2.24) is 4.90 Å². The smallest absolute Gasteiger partial charge is 0.238 e. The lowest BCUT2D eigenvalue weighted by atomic mass is 10.1. The van der Waals surface area contributed by atoms with Crippen molar-refractivity contribution in [2.75, 3.05) is 26.0 Å². The fraction of sp³-hybridized carbons (Fsp3) is 0.316. The zero-order chi connectivity index (χ0) is 17.7. The van der Waals surface area contributed by atoms with Gasteiger partial charge in [-0.2, -0.15) is 0 Å². The highest BCUT2D eigenvalue weighted by Gasteiger charge is 2.10. The minimum absolute atomic E-state index is 0.0801. The van der Waals surface area contributed by atoms with Crippen LogP contribution in [-0.4, -0.2) is 31.5 Å². The van der Waals surface area contributed by atoms with Crippen LogP contribution in [-0.2, 0) is 11.3 Å². The summed E-state index contributed by atoms with van der Waals surface area (Å²) in [6.07, 6.45) is 0. The van der Waals surface area contributed by atoms with E-state index in [0.29, 0.717) is 23.0 Å². The lowest BCUT2D eigenvalue weighted by molar-refractivity contribution is -0.117. The van der Waals surface area contributed by atoms with E-state index >= 15 is 0 Å². The Bertz CT molecular complexity index is 731. The molecule has 4 nitrogen and oxygen atoms in total. The molecule has 0 unspecified atom stereocenters. The first-order chi connectivity index (χ1) is 11.4. The van der Waals surface area contributed by atoms with Gasteiger partial charge in [0.25, 0.3) is 0 Å². The Labute approximate surface area is 148 Å². The molecule has 128 valence electrons. The number of aryl methyl sites for hydroxylation is 2. The number of nitrogens with one attached hydrogen (secondary N) is 1. The average molecular weight is 347 g/mol. The zero-order valence-corrected chi connectivity index (χ0v) is 15.3. The second-order valence-corrected chi connectivity index (χ2v) is 6.41. The standard InChI is InChI=1S/C19H23ClN2O2/c1-13-5-6-15(14(2)9-13)11-22(3)12-19(23)21-16-7-8-18(24-4)17(20)10-16/h5-10H,11-12H2,1-4H3,(H,21,23). The first kappa shape index (κ1) is 18.3. The van der Waals surface area contributed by atoms with Crippen molar-refractivity contribution < 1.29 is 9.53 Å². The summed E-state index contributed by atoms with van der Waals surface area (Å²) in [6.45, 7) is 5.20. The van der Waals surface area contributed by atoms with E-state index in [4.69, 9.17) is 16.3 Å². The molecule has 0 bridgehead atoms. The van der Waals surface area contributed by atoms with Crippen molar-refractivity contribution in [2.45, 2.75) is 20.4 Å². The summed E-state index contributed by atoms with van der Waals surface area (Å²) in [6, 6.07) is 11.5. The monoisotopic (exact) mass is 346 g/mol. The number of likely N-dealkylation sites (N-methyl/N-ethyl adjacent to an activating group) is 1. The van der Waals surface area contributed by atoms with Gasteiger partial charge in [0.2, 0.25) is 5.91 Å². The Balaban J connectivity index is 1.92. The molecule has 5 heteroatoms. The highest BCUT2D eigenvalue weighted by molar-refractivity contribution is 6.32. The summed E-state index contributed by atoms with van der Waals surface area (Å²) >= 11 is 6.07. The van der Waals surface area contributed by atoms with Crippen LogP contribution in [0, 0.1) is 13.8 Å². The molecule has 0 fully saturated rings. The van der Waals surface area contributed by atoms with Gasteiger partial charge in [0.1, 0.15) is 5.75 Å². The van der Waals surface area contributed by atoms with Crippen molar-refractivity contribution in [3.8, 4) is 5.75 Å². The fourth-order valence-electron chi connectivity index (χ4n) is 2.56. The minimum Gasteiger partial charge on any atom is -0.495 e. The van der Waals surface area contributed by atoms with Crippen LogP contribution in [0.4, 0.5) is 5.69 Å². The molecule has 0 radical (unpaired) electrons. The molecule has 2 aromatic carbocycles. The molecule has 0 aliphatic carbocycles. The van der Waals surface area contributed by atoms with Gasteiger partial charge in [-0.3, -0.25) is 9.69 Å². The first-order valence-corrected chi connectivity index (χ1v) is 8.15. The van der Waals surface area contributed by atoms with E-state index in [1.807, 2.05) is 11.9 Å². The Morgan fingerprint density at radius 1 is 1.21 bits per heavy atom. The predicted molar refractivity (Wildman–Crippen MR) is 98.9 cm³/mol. The van der Waals surface area contributed by atoms with Crippen molar-refractivity contribution in [2.24, 2.45) is 0 Å². The number of amides is 1. The number of benzene rings is 2. The van der Waals surface area contributed by atoms with Crippen molar-refractivity contribution >= 4 is 23.2 Å². The lowest BCUT2D eigenvalue weighted by Gasteiger charge is -2.18. The molecule has 24 heavy (non-hydrogen) atoms. The Hall–Kier alpha value is -2.04. The second kappa shape index (κ2) is 8.18. The quantitative estimate of drug-likeness (QED) is 0.858. The highest BCUT2D eigenvalue weighted by Crippen LogP contribution is 2.27. The molecule has 0 spiro atoms. The largest absolute Gasteiger partial charge is 0.495 e. The van der Waals surface area contributed by atoms with Crippen LogP contribution in [0.15, 0.2) is 36.4 Å². The third-order valence-electron chi connectivity index (χ3n) is 3.79. The van der Waals surface area contributed by atoms with Gasteiger partial charge in [-0.25, -0.2) is 0 Å². The Kier molecular flexibility index (Phi) is 6.23. The summed E-state index contributed by atoms with van der Waals surface area (Å²) in [5.74, 6) is 0.505. The van der Waals surface area contributed by atoms with Gasteiger partial charge >= 0.3 is 0 Å². The number of carbonyl (C=O) groups excluding carboxylic acids is 1. The Morgan fingerprint density at radius 2 is 1.96 bits per heavy atom. The van der Waals surface area contributed by atoms with Gasteiger partial charge in [0, 0.05) is 12.2 Å².